The maximum Gasteiger partial charge on any atom is 0.425 e. The Morgan fingerprint density at radius 2 is 2.05 bits per heavy atom. The highest BCUT2D eigenvalue weighted by molar-refractivity contribution is 5.96. The van der Waals surface area contributed by atoms with Crippen LogP contribution in [0.3, 0.4) is 0 Å². The Kier molecular flexibility index (Phi) is 3.69. The number of nitrogens with one attached hydrogen (secondary N) is 1. The highest BCUT2D eigenvalue weighted by atomic mass is 19.4. The van der Waals surface area contributed by atoms with Crippen LogP contribution < -0.4 is 5.32 Å². The first-order chi connectivity index (χ1) is 9.27. The number of fused-ring (bicyclic) bond motifs is 1. The van der Waals surface area contributed by atoms with E-state index in [1.54, 1.807) is 0 Å². The first kappa shape index (κ1) is 14.4. The van der Waals surface area contributed by atoms with Gasteiger partial charge >= 0.3 is 12.1 Å². The number of alkyl halides is 3. The fourth-order valence-corrected chi connectivity index (χ4v) is 1.81. The fraction of sp³-hybridized carbons (Fsp3) is 0.385. The van der Waals surface area contributed by atoms with Gasteiger partial charge in [0.25, 0.3) is 0 Å². The van der Waals surface area contributed by atoms with Gasteiger partial charge in [0.15, 0.2) is 6.10 Å². The van der Waals surface area contributed by atoms with Gasteiger partial charge < -0.3 is 10.1 Å². The Morgan fingerprint density at radius 3 is 2.70 bits per heavy atom. The highest BCUT2D eigenvalue weighted by Gasteiger charge is 2.39. The normalized spacial score (nSPS) is 16.1. The first-order valence-corrected chi connectivity index (χ1v) is 5.98. The Bertz CT molecular complexity index is 554. The molecule has 0 spiro atoms. The number of hydrogen-bond acceptors (Lipinski definition) is 3. The van der Waals surface area contributed by atoms with E-state index < -0.39 is 18.2 Å². The minimum Gasteiger partial charge on any atom is -0.449 e. The van der Waals surface area contributed by atoms with Crippen molar-refractivity contribution >= 4 is 17.6 Å². The molecule has 1 heterocycles. The number of ether oxygens (including phenoxy) is 1. The fourth-order valence-electron chi connectivity index (χ4n) is 1.81. The van der Waals surface area contributed by atoms with Gasteiger partial charge in [-0.2, -0.15) is 13.2 Å². The molecule has 1 aliphatic heterocycles. The Balaban J connectivity index is 2.14. The summed E-state index contributed by atoms with van der Waals surface area (Å²) in [4.78, 5) is 22.8. The molecule has 0 aliphatic carbocycles. The summed E-state index contributed by atoms with van der Waals surface area (Å²) in [6.07, 6.45) is -6.02. The molecule has 0 radical (unpaired) electrons. The van der Waals surface area contributed by atoms with E-state index in [2.05, 4.69) is 10.1 Å². The second-order valence-electron chi connectivity index (χ2n) is 4.51. The van der Waals surface area contributed by atoms with Crippen LogP contribution in [0.1, 0.15) is 29.3 Å². The van der Waals surface area contributed by atoms with Gasteiger partial charge in [-0.25, -0.2) is 4.79 Å². The molecule has 2 rings (SSSR count). The number of aryl methyl sites for hydroxylation is 1. The van der Waals surface area contributed by atoms with Crippen molar-refractivity contribution in [3.63, 3.8) is 0 Å². The van der Waals surface area contributed by atoms with Gasteiger partial charge in [-0.05, 0) is 37.1 Å². The topological polar surface area (TPSA) is 55.4 Å². The van der Waals surface area contributed by atoms with Crippen molar-refractivity contribution in [3.05, 3.63) is 29.3 Å². The average Bonchev–Trinajstić information content (AvgIpc) is 2.36. The maximum atomic E-state index is 12.3. The van der Waals surface area contributed by atoms with Crippen LogP contribution in [0.5, 0.6) is 0 Å². The molecule has 7 heteroatoms. The van der Waals surface area contributed by atoms with Crippen molar-refractivity contribution in [1.29, 1.82) is 0 Å². The number of hydrogen-bond donors (Lipinski definition) is 1. The largest absolute Gasteiger partial charge is 0.449 e. The molecule has 1 aliphatic rings. The van der Waals surface area contributed by atoms with Gasteiger partial charge in [0, 0.05) is 12.1 Å². The lowest BCUT2D eigenvalue weighted by atomic mass is 10.0. The minimum absolute atomic E-state index is 0.0380. The van der Waals surface area contributed by atoms with Gasteiger partial charge in [0.1, 0.15) is 0 Å². The molecule has 0 saturated carbocycles. The van der Waals surface area contributed by atoms with Crippen LogP contribution >= 0.6 is 0 Å². The van der Waals surface area contributed by atoms with Crippen LogP contribution in [-0.4, -0.2) is 24.2 Å². The van der Waals surface area contributed by atoms with Crippen LogP contribution in [0.4, 0.5) is 18.9 Å². The third kappa shape index (κ3) is 3.09. The third-order valence-corrected chi connectivity index (χ3v) is 2.98. The van der Waals surface area contributed by atoms with Crippen molar-refractivity contribution in [1.82, 2.24) is 0 Å². The molecule has 0 saturated heterocycles. The second kappa shape index (κ2) is 5.15. The number of halogens is 3. The van der Waals surface area contributed by atoms with Gasteiger partial charge in [-0.15, -0.1) is 0 Å². The lowest BCUT2D eigenvalue weighted by Gasteiger charge is -2.19. The molecule has 0 bridgehead atoms. The molecule has 1 atom stereocenters. The molecule has 1 aromatic rings. The molecule has 1 unspecified atom stereocenters. The van der Waals surface area contributed by atoms with Crippen molar-refractivity contribution in [2.45, 2.75) is 32.0 Å². The summed E-state index contributed by atoms with van der Waals surface area (Å²) >= 11 is 0. The zero-order valence-electron chi connectivity index (χ0n) is 10.6. The quantitative estimate of drug-likeness (QED) is 0.851. The van der Waals surface area contributed by atoms with E-state index in [-0.39, 0.29) is 17.9 Å². The lowest BCUT2D eigenvalue weighted by Crippen LogP contribution is -2.31. The summed E-state index contributed by atoms with van der Waals surface area (Å²) < 4.78 is 41.3. The second-order valence-corrected chi connectivity index (χ2v) is 4.51. The Hall–Kier alpha value is -2.05. The number of anilines is 1. The molecule has 0 fully saturated rings. The van der Waals surface area contributed by atoms with Crippen molar-refractivity contribution < 1.29 is 27.5 Å². The number of carbonyl (C=O) groups excluding carboxylic acids is 2. The summed E-state index contributed by atoms with van der Waals surface area (Å²) in [5.41, 5.74) is 1.32. The van der Waals surface area contributed by atoms with E-state index in [1.165, 1.54) is 18.2 Å². The predicted molar refractivity (Wildman–Crippen MR) is 64.3 cm³/mol. The summed E-state index contributed by atoms with van der Waals surface area (Å²) in [5, 5.41) is 2.62. The SMILES string of the molecule is CC(OC(=O)c1ccc2c(c1)CCC(=O)N2)C(F)(F)F. The zero-order chi connectivity index (χ0) is 14.9. The number of amides is 1. The summed E-state index contributed by atoms with van der Waals surface area (Å²) in [6, 6.07) is 4.26. The van der Waals surface area contributed by atoms with Gasteiger partial charge in [-0.3, -0.25) is 4.79 Å². The molecule has 4 nitrogen and oxygen atoms in total. The van der Waals surface area contributed by atoms with Crippen LogP contribution in [0.2, 0.25) is 0 Å². The molecule has 1 amide bonds. The number of rotatable bonds is 2. The third-order valence-electron chi connectivity index (χ3n) is 2.98. The predicted octanol–water partition coefficient (Wildman–Crippen LogP) is 2.68. The average molecular weight is 287 g/mol. The number of benzene rings is 1. The first-order valence-electron chi connectivity index (χ1n) is 5.98. The minimum atomic E-state index is -4.59. The van der Waals surface area contributed by atoms with Crippen LogP contribution in [-0.2, 0) is 16.0 Å². The smallest absolute Gasteiger partial charge is 0.425 e. The summed E-state index contributed by atoms with van der Waals surface area (Å²) in [5.74, 6) is -1.16. The van der Waals surface area contributed by atoms with Crippen molar-refractivity contribution in [3.8, 4) is 0 Å². The maximum absolute atomic E-state index is 12.3. The van der Waals surface area contributed by atoms with E-state index >= 15 is 0 Å². The van der Waals surface area contributed by atoms with E-state index in [1.807, 2.05) is 0 Å². The van der Waals surface area contributed by atoms with Crippen LogP contribution in [0.15, 0.2) is 18.2 Å². The van der Waals surface area contributed by atoms with Crippen LogP contribution in [0, 0.1) is 0 Å². The molecular formula is C13H12F3NO3. The monoisotopic (exact) mass is 287 g/mol. The van der Waals surface area contributed by atoms with E-state index in [4.69, 9.17) is 0 Å². The summed E-state index contributed by atoms with van der Waals surface area (Å²) in [7, 11) is 0. The number of carbonyl (C=O) groups is 2. The standard InChI is InChI=1S/C13H12F3NO3/c1-7(13(14,15)16)20-12(19)9-2-4-10-8(6-9)3-5-11(18)17-10/h2,4,6-7H,3,5H2,1H3,(H,17,18). The molecule has 0 aromatic heterocycles. The van der Waals surface area contributed by atoms with Crippen molar-refractivity contribution in [2.24, 2.45) is 0 Å². The van der Waals surface area contributed by atoms with E-state index in [0.717, 1.165) is 6.92 Å². The zero-order valence-corrected chi connectivity index (χ0v) is 10.6. The van der Waals surface area contributed by atoms with Crippen molar-refractivity contribution in [2.75, 3.05) is 5.32 Å². The Morgan fingerprint density at radius 1 is 1.35 bits per heavy atom. The van der Waals surface area contributed by atoms with E-state index in [9.17, 15) is 22.8 Å². The van der Waals surface area contributed by atoms with Gasteiger partial charge in [-0.1, -0.05) is 0 Å². The van der Waals surface area contributed by atoms with Gasteiger partial charge in [0.2, 0.25) is 5.91 Å². The molecule has 108 valence electrons. The molecule has 20 heavy (non-hydrogen) atoms. The molecule has 1 aromatic carbocycles. The summed E-state index contributed by atoms with van der Waals surface area (Å²) in [6.45, 7) is 0.774. The van der Waals surface area contributed by atoms with Crippen LogP contribution in [0.25, 0.3) is 0 Å². The van der Waals surface area contributed by atoms with Gasteiger partial charge in [0.05, 0.1) is 5.56 Å². The van der Waals surface area contributed by atoms with E-state index in [0.29, 0.717) is 17.7 Å². The number of esters is 1. The highest BCUT2D eigenvalue weighted by Crippen LogP contribution is 2.26. The molecule has 1 N–H and O–H groups in total. The lowest BCUT2D eigenvalue weighted by molar-refractivity contribution is -0.198. The Labute approximate surface area is 112 Å². The molecular weight excluding hydrogens is 275 g/mol.